The first-order chi connectivity index (χ1) is 18.2. The van der Waals surface area contributed by atoms with Crippen LogP contribution in [0.15, 0.2) is 66.2 Å². The molecule has 8 nitrogen and oxygen atoms in total. The predicted octanol–water partition coefficient (Wildman–Crippen LogP) is 5.45. The number of Topliss-reactive ketones (excluding diaryl/α,β-unsaturated/α-hetero) is 1. The van der Waals surface area contributed by atoms with Crippen LogP contribution in [0.1, 0.15) is 24.1 Å². The summed E-state index contributed by atoms with van der Waals surface area (Å²) in [4.78, 5) is 30.3. The van der Waals surface area contributed by atoms with Gasteiger partial charge in [0.2, 0.25) is 0 Å². The minimum Gasteiger partial charge on any atom is -0.507 e. The van der Waals surface area contributed by atoms with E-state index in [0.717, 1.165) is 5.69 Å². The van der Waals surface area contributed by atoms with Crippen LogP contribution in [0.2, 0.25) is 5.02 Å². The number of carbonyl (C=O) groups excluding carboxylic acids is 2. The molecule has 3 aromatic rings. The molecule has 38 heavy (non-hydrogen) atoms. The van der Waals surface area contributed by atoms with Gasteiger partial charge in [-0.3, -0.25) is 14.5 Å². The molecule has 1 fully saturated rings. The quantitative estimate of drug-likeness (QED) is 0.233. The number of halogens is 1. The third-order valence-electron chi connectivity index (χ3n) is 6.32. The van der Waals surface area contributed by atoms with E-state index in [2.05, 4.69) is 0 Å². The molecule has 1 atom stereocenters. The Morgan fingerprint density at radius 2 is 1.61 bits per heavy atom. The van der Waals surface area contributed by atoms with E-state index in [-0.39, 0.29) is 21.9 Å². The van der Waals surface area contributed by atoms with E-state index < -0.39 is 23.5 Å². The van der Waals surface area contributed by atoms with Crippen LogP contribution in [0.4, 0.5) is 11.4 Å². The van der Waals surface area contributed by atoms with Crippen molar-refractivity contribution in [3.8, 4) is 17.2 Å². The number of rotatable bonds is 8. The molecule has 0 aliphatic carbocycles. The number of aliphatic hydroxyl groups excluding tert-OH is 1. The largest absolute Gasteiger partial charge is 0.507 e. The van der Waals surface area contributed by atoms with Crippen LogP contribution in [-0.2, 0) is 9.59 Å². The SMILES string of the molecule is CCOc1ccc(C2/C(=C(\O)c3cc(Cl)c(OC)cc3OC)C(=O)C(=O)N2c2ccc(N(C)C)cc2)cc1. The Morgan fingerprint density at radius 3 is 2.16 bits per heavy atom. The molecule has 1 aliphatic heterocycles. The van der Waals surface area contributed by atoms with Crippen molar-refractivity contribution in [2.75, 3.05) is 44.7 Å². The smallest absolute Gasteiger partial charge is 0.300 e. The standard InChI is InChI=1S/C29H29ClN2O6/c1-6-38-20-13-7-17(8-14-20)26-25(27(33)21-15-22(30)24(37-5)16-23(21)36-4)28(34)29(35)32(26)19-11-9-18(10-12-19)31(2)3/h7-16,26,33H,6H2,1-5H3/b27-25+. The lowest BCUT2D eigenvalue weighted by Gasteiger charge is -2.26. The van der Waals surface area contributed by atoms with Crippen molar-refractivity contribution in [1.82, 2.24) is 0 Å². The van der Waals surface area contributed by atoms with E-state index in [9.17, 15) is 14.7 Å². The van der Waals surface area contributed by atoms with Crippen molar-refractivity contribution in [3.63, 3.8) is 0 Å². The lowest BCUT2D eigenvalue weighted by atomic mass is 9.94. The van der Waals surface area contributed by atoms with Gasteiger partial charge in [0.25, 0.3) is 11.7 Å². The van der Waals surface area contributed by atoms with Crippen molar-refractivity contribution in [3.05, 3.63) is 82.4 Å². The number of ether oxygens (including phenoxy) is 3. The Hall–Kier alpha value is -4.17. The summed E-state index contributed by atoms with van der Waals surface area (Å²) in [5.74, 6) is -0.780. The molecular formula is C29H29ClN2O6. The fraction of sp³-hybridized carbons (Fsp3) is 0.241. The van der Waals surface area contributed by atoms with Gasteiger partial charge < -0.3 is 24.2 Å². The van der Waals surface area contributed by atoms with Crippen LogP contribution < -0.4 is 24.0 Å². The molecule has 0 bridgehead atoms. The fourth-order valence-electron chi connectivity index (χ4n) is 4.43. The Bertz CT molecular complexity index is 1380. The monoisotopic (exact) mass is 536 g/mol. The summed E-state index contributed by atoms with van der Waals surface area (Å²) >= 11 is 6.35. The maximum absolute atomic E-state index is 13.5. The molecule has 1 unspecified atom stereocenters. The zero-order valence-electron chi connectivity index (χ0n) is 21.8. The average molecular weight is 537 g/mol. The van der Waals surface area contributed by atoms with Crippen molar-refractivity contribution in [2.45, 2.75) is 13.0 Å². The maximum atomic E-state index is 13.5. The molecule has 4 rings (SSSR count). The van der Waals surface area contributed by atoms with Crippen molar-refractivity contribution >= 4 is 40.4 Å². The lowest BCUT2D eigenvalue weighted by molar-refractivity contribution is -0.132. The van der Waals surface area contributed by atoms with Crippen LogP contribution in [0, 0.1) is 0 Å². The van der Waals surface area contributed by atoms with Gasteiger partial charge in [-0.1, -0.05) is 23.7 Å². The number of anilines is 2. The van der Waals surface area contributed by atoms with Gasteiger partial charge in [-0.05, 0) is 55.0 Å². The van der Waals surface area contributed by atoms with E-state index in [4.69, 9.17) is 25.8 Å². The number of ketones is 1. The summed E-state index contributed by atoms with van der Waals surface area (Å²) < 4.78 is 16.3. The molecule has 1 aliphatic rings. The molecule has 0 aromatic heterocycles. The van der Waals surface area contributed by atoms with Gasteiger partial charge in [-0.2, -0.15) is 0 Å². The van der Waals surface area contributed by atoms with Crippen molar-refractivity contribution in [1.29, 1.82) is 0 Å². The highest BCUT2D eigenvalue weighted by Gasteiger charge is 2.47. The summed E-state index contributed by atoms with van der Waals surface area (Å²) in [5, 5.41) is 11.7. The van der Waals surface area contributed by atoms with Gasteiger partial charge in [0, 0.05) is 31.5 Å². The van der Waals surface area contributed by atoms with E-state index in [0.29, 0.717) is 29.4 Å². The maximum Gasteiger partial charge on any atom is 0.300 e. The Morgan fingerprint density at radius 1 is 0.974 bits per heavy atom. The highest BCUT2D eigenvalue weighted by atomic mass is 35.5. The van der Waals surface area contributed by atoms with Crippen LogP contribution >= 0.6 is 11.6 Å². The molecule has 0 radical (unpaired) electrons. The van der Waals surface area contributed by atoms with E-state index in [1.807, 2.05) is 38.1 Å². The third kappa shape index (κ3) is 4.87. The highest BCUT2D eigenvalue weighted by Crippen LogP contribution is 2.45. The van der Waals surface area contributed by atoms with E-state index in [1.54, 1.807) is 36.4 Å². The zero-order valence-corrected chi connectivity index (χ0v) is 22.6. The first-order valence-corrected chi connectivity index (χ1v) is 12.3. The number of methoxy groups -OCH3 is 2. The number of carbonyl (C=O) groups is 2. The van der Waals surface area contributed by atoms with Crippen LogP contribution in [0.25, 0.3) is 5.76 Å². The Balaban J connectivity index is 1.94. The molecule has 9 heteroatoms. The first-order valence-electron chi connectivity index (χ1n) is 11.9. The summed E-state index contributed by atoms with van der Waals surface area (Å²) in [5.41, 5.74) is 2.13. The van der Waals surface area contributed by atoms with Gasteiger partial charge in [-0.15, -0.1) is 0 Å². The lowest BCUT2D eigenvalue weighted by Crippen LogP contribution is -2.29. The second kappa shape index (κ2) is 11.1. The van der Waals surface area contributed by atoms with E-state index in [1.165, 1.54) is 31.3 Å². The second-order valence-electron chi connectivity index (χ2n) is 8.77. The number of hydrogen-bond donors (Lipinski definition) is 1. The first kappa shape index (κ1) is 26.9. The number of amides is 1. The number of nitrogens with zero attached hydrogens (tertiary/aromatic N) is 2. The molecule has 0 spiro atoms. The fourth-order valence-corrected chi connectivity index (χ4v) is 4.67. The molecule has 1 N–H and O–H groups in total. The zero-order chi connectivity index (χ0) is 27.6. The van der Waals surface area contributed by atoms with Gasteiger partial charge in [0.15, 0.2) is 0 Å². The van der Waals surface area contributed by atoms with Gasteiger partial charge >= 0.3 is 0 Å². The van der Waals surface area contributed by atoms with Gasteiger partial charge in [0.1, 0.15) is 23.0 Å². The molecule has 0 saturated carbocycles. The molecule has 3 aromatic carbocycles. The van der Waals surface area contributed by atoms with Crippen LogP contribution in [-0.4, -0.2) is 51.7 Å². The van der Waals surface area contributed by atoms with Crippen LogP contribution in [0.5, 0.6) is 17.2 Å². The molecule has 1 amide bonds. The Kier molecular flexibility index (Phi) is 7.83. The average Bonchev–Trinajstić information content (AvgIpc) is 3.18. The summed E-state index contributed by atoms with van der Waals surface area (Å²) in [6.45, 7) is 2.38. The minimum atomic E-state index is -0.915. The van der Waals surface area contributed by atoms with Crippen LogP contribution in [0.3, 0.4) is 0 Å². The predicted molar refractivity (Wildman–Crippen MR) is 148 cm³/mol. The summed E-state index contributed by atoms with van der Waals surface area (Å²) in [6, 6.07) is 16.4. The number of hydrogen-bond acceptors (Lipinski definition) is 7. The molecular weight excluding hydrogens is 508 g/mol. The third-order valence-corrected chi connectivity index (χ3v) is 6.62. The minimum absolute atomic E-state index is 0.0876. The second-order valence-corrected chi connectivity index (χ2v) is 9.18. The number of aliphatic hydroxyl groups is 1. The molecule has 198 valence electrons. The summed E-state index contributed by atoms with van der Waals surface area (Å²) in [6.07, 6.45) is 0. The van der Waals surface area contributed by atoms with Gasteiger partial charge in [-0.25, -0.2) is 0 Å². The Labute approximate surface area is 226 Å². The topological polar surface area (TPSA) is 88.5 Å². The van der Waals surface area contributed by atoms with Gasteiger partial charge in [0.05, 0.1) is 43.0 Å². The van der Waals surface area contributed by atoms with Crippen molar-refractivity contribution in [2.24, 2.45) is 0 Å². The normalized spacial score (nSPS) is 16.5. The molecule has 1 saturated heterocycles. The van der Waals surface area contributed by atoms with Crippen molar-refractivity contribution < 1.29 is 28.9 Å². The highest BCUT2D eigenvalue weighted by molar-refractivity contribution is 6.51. The molecule has 1 heterocycles. The van der Waals surface area contributed by atoms with E-state index >= 15 is 0 Å². The number of benzene rings is 3. The summed E-state index contributed by atoms with van der Waals surface area (Å²) in [7, 11) is 6.70.